The van der Waals surface area contributed by atoms with Gasteiger partial charge in [0, 0.05) is 18.1 Å². The van der Waals surface area contributed by atoms with Crippen LogP contribution in [-0.2, 0) is 4.79 Å². The summed E-state index contributed by atoms with van der Waals surface area (Å²) >= 11 is 0. The molecule has 0 atom stereocenters. The van der Waals surface area contributed by atoms with Crippen LogP contribution >= 0.6 is 0 Å². The molecule has 4 heteroatoms. The number of unbranched alkanes of at least 4 members (excludes halogenated alkanes) is 3. The zero-order valence-corrected chi connectivity index (χ0v) is 16.9. The summed E-state index contributed by atoms with van der Waals surface area (Å²) in [5.74, 6) is 0.257. The first-order valence-electron chi connectivity index (χ1n) is 10.0. The van der Waals surface area contributed by atoms with E-state index in [-0.39, 0.29) is 5.97 Å². The average molecular weight is 377 g/mol. The highest BCUT2D eigenvalue weighted by Gasteiger charge is 2.17. The van der Waals surface area contributed by atoms with E-state index in [2.05, 4.69) is 19.9 Å². The van der Waals surface area contributed by atoms with Gasteiger partial charge in [0.25, 0.3) is 0 Å². The van der Waals surface area contributed by atoms with Crippen molar-refractivity contribution < 1.29 is 9.53 Å². The standard InChI is InChI=1S/C24H28N2O2/c1-4-5-6-10-13-24(27)28-23-17-21(20-11-8-7-9-12-20)25-26(23)22-15-14-18(2)16-19(22)3/h7-9,11-12,14-17H,4-6,10,13H2,1-3H3. The molecule has 0 unspecified atom stereocenters. The van der Waals surface area contributed by atoms with E-state index < -0.39 is 0 Å². The molecular weight excluding hydrogens is 348 g/mol. The number of carbonyl (C=O) groups excluding carboxylic acids is 1. The number of carbonyl (C=O) groups is 1. The minimum atomic E-state index is -0.207. The van der Waals surface area contributed by atoms with Crippen molar-refractivity contribution in [2.24, 2.45) is 0 Å². The Balaban J connectivity index is 1.90. The topological polar surface area (TPSA) is 44.1 Å². The fourth-order valence-electron chi connectivity index (χ4n) is 3.27. The molecule has 0 saturated heterocycles. The molecule has 0 N–H and O–H groups in total. The molecule has 2 aromatic carbocycles. The Labute approximate surface area is 167 Å². The van der Waals surface area contributed by atoms with Crippen molar-refractivity contribution >= 4 is 5.97 Å². The van der Waals surface area contributed by atoms with Gasteiger partial charge in [-0.2, -0.15) is 9.78 Å². The summed E-state index contributed by atoms with van der Waals surface area (Å²) in [7, 11) is 0. The molecule has 0 radical (unpaired) electrons. The van der Waals surface area contributed by atoms with E-state index in [1.165, 1.54) is 5.56 Å². The van der Waals surface area contributed by atoms with Crippen LogP contribution in [0.2, 0.25) is 0 Å². The highest BCUT2D eigenvalue weighted by atomic mass is 16.5. The van der Waals surface area contributed by atoms with Gasteiger partial charge in [-0.3, -0.25) is 4.79 Å². The number of aromatic nitrogens is 2. The lowest BCUT2D eigenvalue weighted by Gasteiger charge is -2.11. The van der Waals surface area contributed by atoms with Crippen molar-refractivity contribution in [1.82, 2.24) is 9.78 Å². The summed E-state index contributed by atoms with van der Waals surface area (Å²) in [5.41, 5.74) is 4.97. The largest absolute Gasteiger partial charge is 0.407 e. The number of aryl methyl sites for hydroxylation is 2. The first-order chi connectivity index (χ1) is 13.6. The summed E-state index contributed by atoms with van der Waals surface area (Å²) in [4.78, 5) is 12.4. The van der Waals surface area contributed by atoms with E-state index in [0.717, 1.165) is 48.2 Å². The zero-order valence-electron chi connectivity index (χ0n) is 16.9. The van der Waals surface area contributed by atoms with Gasteiger partial charge in [0.15, 0.2) is 0 Å². The van der Waals surface area contributed by atoms with Gasteiger partial charge in [-0.25, -0.2) is 0 Å². The van der Waals surface area contributed by atoms with Crippen LogP contribution in [0.25, 0.3) is 16.9 Å². The minimum Gasteiger partial charge on any atom is -0.407 e. The molecule has 0 saturated carbocycles. The van der Waals surface area contributed by atoms with Gasteiger partial charge in [-0.1, -0.05) is 74.2 Å². The number of hydrogen-bond acceptors (Lipinski definition) is 3. The molecule has 146 valence electrons. The van der Waals surface area contributed by atoms with Gasteiger partial charge in [-0.15, -0.1) is 0 Å². The molecule has 0 aliphatic carbocycles. The number of ether oxygens (including phenoxy) is 1. The second kappa shape index (κ2) is 9.36. The molecule has 0 bridgehead atoms. The third-order valence-electron chi connectivity index (χ3n) is 4.78. The molecule has 3 rings (SSSR count). The molecule has 0 aliphatic rings. The predicted octanol–water partition coefficient (Wildman–Crippen LogP) is 6.03. The molecule has 1 heterocycles. The molecule has 28 heavy (non-hydrogen) atoms. The van der Waals surface area contributed by atoms with Crippen LogP contribution in [-0.4, -0.2) is 15.7 Å². The smallest absolute Gasteiger partial charge is 0.312 e. The third-order valence-corrected chi connectivity index (χ3v) is 4.78. The highest BCUT2D eigenvalue weighted by Crippen LogP contribution is 2.28. The molecule has 4 nitrogen and oxygen atoms in total. The van der Waals surface area contributed by atoms with Crippen LogP contribution in [0.5, 0.6) is 5.88 Å². The summed E-state index contributed by atoms with van der Waals surface area (Å²) in [5, 5.41) is 4.74. The van der Waals surface area contributed by atoms with Crippen molar-refractivity contribution in [1.29, 1.82) is 0 Å². The van der Waals surface area contributed by atoms with E-state index in [0.29, 0.717) is 12.3 Å². The molecule has 3 aromatic rings. The maximum Gasteiger partial charge on any atom is 0.312 e. The van der Waals surface area contributed by atoms with Gasteiger partial charge in [-0.05, 0) is 31.9 Å². The van der Waals surface area contributed by atoms with E-state index >= 15 is 0 Å². The Morgan fingerprint density at radius 3 is 2.50 bits per heavy atom. The quantitative estimate of drug-likeness (QED) is 0.356. The Morgan fingerprint density at radius 1 is 1.00 bits per heavy atom. The highest BCUT2D eigenvalue weighted by molar-refractivity contribution is 5.73. The molecule has 1 aromatic heterocycles. The molecule has 0 fully saturated rings. The minimum absolute atomic E-state index is 0.207. The van der Waals surface area contributed by atoms with Gasteiger partial charge in [0.05, 0.1) is 11.4 Å². The first-order valence-corrected chi connectivity index (χ1v) is 10.0. The monoisotopic (exact) mass is 376 g/mol. The van der Waals surface area contributed by atoms with Crippen molar-refractivity contribution in [3.8, 4) is 22.8 Å². The van der Waals surface area contributed by atoms with Gasteiger partial charge < -0.3 is 4.74 Å². The van der Waals surface area contributed by atoms with Crippen LogP contribution in [0.4, 0.5) is 0 Å². The Hall–Kier alpha value is -2.88. The normalized spacial score (nSPS) is 10.8. The number of benzene rings is 2. The van der Waals surface area contributed by atoms with Crippen LogP contribution in [0.15, 0.2) is 54.6 Å². The predicted molar refractivity (Wildman–Crippen MR) is 113 cm³/mol. The molecular formula is C24H28N2O2. The Morgan fingerprint density at radius 2 is 1.79 bits per heavy atom. The lowest BCUT2D eigenvalue weighted by molar-refractivity contribution is -0.134. The van der Waals surface area contributed by atoms with Crippen LogP contribution < -0.4 is 4.74 Å². The lowest BCUT2D eigenvalue weighted by Crippen LogP contribution is -2.11. The van der Waals surface area contributed by atoms with Crippen LogP contribution in [0.3, 0.4) is 0 Å². The first kappa shape index (κ1) is 19.9. The van der Waals surface area contributed by atoms with E-state index in [1.54, 1.807) is 4.68 Å². The van der Waals surface area contributed by atoms with E-state index in [9.17, 15) is 4.79 Å². The van der Waals surface area contributed by atoms with Gasteiger partial charge >= 0.3 is 5.97 Å². The SMILES string of the molecule is CCCCCCC(=O)Oc1cc(-c2ccccc2)nn1-c1ccc(C)cc1C. The fraction of sp³-hybridized carbons (Fsp3) is 0.333. The summed E-state index contributed by atoms with van der Waals surface area (Å²) < 4.78 is 7.47. The Kier molecular flexibility index (Phi) is 6.64. The number of hydrogen-bond donors (Lipinski definition) is 0. The van der Waals surface area contributed by atoms with Crippen LogP contribution in [0.1, 0.15) is 50.2 Å². The summed E-state index contributed by atoms with van der Waals surface area (Å²) in [6.07, 6.45) is 4.63. The van der Waals surface area contributed by atoms with Crippen molar-refractivity contribution in [3.63, 3.8) is 0 Å². The average Bonchev–Trinajstić information content (AvgIpc) is 3.09. The molecule has 0 spiro atoms. The molecule has 0 aliphatic heterocycles. The van der Waals surface area contributed by atoms with Crippen LogP contribution in [0, 0.1) is 13.8 Å². The fourth-order valence-corrected chi connectivity index (χ4v) is 3.27. The Bertz CT molecular complexity index is 929. The van der Waals surface area contributed by atoms with Gasteiger partial charge in [0.1, 0.15) is 0 Å². The summed E-state index contributed by atoms with van der Waals surface area (Å²) in [6.45, 7) is 6.26. The third kappa shape index (κ3) is 4.89. The van der Waals surface area contributed by atoms with Crippen molar-refractivity contribution in [3.05, 3.63) is 65.7 Å². The van der Waals surface area contributed by atoms with Crippen molar-refractivity contribution in [2.75, 3.05) is 0 Å². The van der Waals surface area contributed by atoms with Crippen molar-refractivity contribution in [2.45, 2.75) is 52.9 Å². The summed E-state index contributed by atoms with van der Waals surface area (Å²) in [6, 6.07) is 18.0. The zero-order chi connectivity index (χ0) is 19.9. The number of esters is 1. The maximum absolute atomic E-state index is 12.4. The maximum atomic E-state index is 12.4. The molecule has 0 amide bonds. The second-order valence-corrected chi connectivity index (χ2v) is 7.22. The van der Waals surface area contributed by atoms with Gasteiger partial charge in [0.2, 0.25) is 5.88 Å². The number of rotatable bonds is 8. The lowest BCUT2D eigenvalue weighted by atomic mass is 10.1. The van der Waals surface area contributed by atoms with E-state index in [1.807, 2.05) is 55.5 Å². The number of nitrogens with zero attached hydrogens (tertiary/aromatic N) is 2. The van der Waals surface area contributed by atoms with E-state index in [4.69, 9.17) is 9.84 Å². The second-order valence-electron chi connectivity index (χ2n) is 7.22.